The molecule has 1 aromatic rings. The van der Waals surface area contributed by atoms with Crippen molar-refractivity contribution >= 4 is 21.4 Å². The van der Waals surface area contributed by atoms with Gasteiger partial charge >= 0.3 is 0 Å². The van der Waals surface area contributed by atoms with Gasteiger partial charge in [0.15, 0.2) is 9.84 Å². The van der Waals surface area contributed by atoms with Crippen molar-refractivity contribution in [2.75, 3.05) is 24.7 Å². The normalized spacial score (nSPS) is 10.8. The summed E-state index contributed by atoms with van der Waals surface area (Å²) < 4.78 is 36.1. The molecular weight excluding hydrogens is 271 g/mol. The number of rotatable bonds is 5. The van der Waals surface area contributed by atoms with Crippen LogP contribution in [0.3, 0.4) is 0 Å². The first-order valence-electron chi connectivity index (χ1n) is 5.28. The predicted molar refractivity (Wildman–Crippen MR) is 69.8 cm³/mol. The number of benzene rings is 1. The molecule has 0 atom stereocenters. The number of anilines is 1. The molecule has 0 spiro atoms. The number of hydrogen-bond donors (Lipinski definition) is 2. The minimum Gasteiger partial charge on any atom is -0.322 e. The van der Waals surface area contributed by atoms with E-state index in [9.17, 15) is 17.6 Å². The van der Waals surface area contributed by atoms with Crippen molar-refractivity contribution in [2.45, 2.75) is 4.90 Å². The van der Waals surface area contributed by atoms with Gasteiger partial charge in [0.2, 0.25) is 5.91 Å². The van der Waals surface area contributed by atoms with E-state index in [1.165, 1.54) is 0 Å². The van der Waals surface area contributed by atoms with Gasteiger partial charge in [-0.2, -0.15) is 0 Å². The molecular formula is C12H13FN2O3S. The Kier molecular flexibility index (Phi) is 5.03. The molecule has 0 aliphatic carbocycles. The van der Waals surface area contributed by atoms with Crippen molar-refractivity contribution in [1.29, 1.82) is 0 Å². The first-order valence-corrected chi connectivity index (χ1v) is 7.17. The molecule has 0 radical (unpaired) electrons. The highest BCUT2D eigenvalue weighted by Gasteiger charge is 2.12. The van der Waals surface area contributed by atoms with Crippen molar-refractivity contribution in [3.63, 3.8) is 0 Å². The molecule has 0 unspecified atom stereocenters. The maximum Gasteiger partial charge on any atom is 0.238 e. The fraction of sp³-hybridized carbons (Fsp3) is 0.250. The number of hydrogen-bond acceptors (Lipinski definition) is 4. The van der Waals surface area contributed by atoms with Crippen molar-refractivity contribution < 1.29 is 17.6 Å². The van der Waals surface area contributed by atoms with Crippen molar-refractivity contribution in [1.82, 2.24) is 5.32 Å². The molecule has 0 bridgehead atoms. The van der Waals surface area contributed by atoms with Gasteiger partial charge in [-0.1, -0.05) is 5.92 Å². The summed E-state index contributed by atoms with van der Waals surface area (Å²) in [4.78, 5) is 11.4. The van der Waals surface area contributed by atoms with E-state index in [2.05, 4.69) is 16.6 Å². The molecule has 5 nitrogen and oxygen atoms in total. The zero-order valence-electron chi connectivity index (χ0n) is 10.2. The molecule has 1 aromatic carbocycles. The molecule has 102 valence electrons. The van der Waals surface area contributed by atoms with Crippen LogP contribution < -0.4 is 10.6 Å². The monoisotopic (exact) mass is 284 g/mol. The average molecular weight is 284 g/mol. The highest BCUT2D eigenvalue weighted by atomic mass is 32.2. The lowest BCUT2D eigenvalue weighted by molar-refractivity contribution is -0.115. The molecule has 2 N–H and O–H groups in total. The second-order valence-corrected chi connectivity index (χ2v) is 5.79. The highest BCUT2D eigenvalue weighted by molar-refractivity contribution is 7.90. The zero-order valence-corrected chi connectivity index (χ0v) is 11.1. The molecule has 0 aliphatic heterocycles. The molecule has 0 saturated heterocycles. The Morgan fingerprint density at radius 2 is 2.16 bits per heavy atom. The maximum absolute atomic E-state index is 13.4. The predicted octanol–water partition coefficient (Wildman–Crippen LogP) is 0.390. The first kappa shape index (κ1) is 15.1. The summed E-state index contributed by atoms with van der Waals surface area (Å²) in [5.41, 5.74) is -0.185. The van der Waals surface area contributed by atoms with Crippen LogP contribution in [0.5, 0.6) is 0 Å². The van der Waals surface area contributed by atoms with E-state index in [1.54, 1.807) is 0 Å². The van der Waals surface area contributed by atoms with Gasteiger partial charge in [0, 0.05) is 6.26 Å². The van der Waals surface area contributed by atoms with E-state index in [1.807, 2.05) is 0 Å². The van der Waals surface area contributed by atoms with Gasteiger partial charge in [0.1, 0.15) is 5.82 Å². The molecule has 1 rings (SSSR count). The average Bonchev–Trinajstić information content (AvgIpc) is 2.31. The van der Waals surface area contributed by atoms with E-state index in [0.717, 1.165) is 24.5 Å². The molecule has 19 heavy (non-hydrogen) atoms. The quantitative estimate of drug-likeness (QED) is 0.466. The topological polar surface area (TPSA) is 75.3 Å². The minimum atomic E-state index is -3.46. The lowest BCUT2D eigenvalue weighted by atomic mass is 10.3. The van der Waals surface area contributed by atoms with Crippen LogP contribution in [-0.4, -0.2) is 33.7 Å². The van der Waals surface area contributed by atoms with E-state index >= 15 is 0 Å². The number of nitrogens with one attached hydrogen (secondary N) is 2. The Hall–Kier alpha value is -1.91. The summed E-state index contributed by atoms with van der Waals surface area (Å²) in [5, 5.41) is 4.90. The van der Waals surface area contributed by atoms with Crippen molar-refractivity contribution in [2.24, 2.45) is 0 Å². The Bertz CT molecular complexity index is 620. The van der Waals surface area contributed by atoms with Gasteiger partial charge in [-0.15, -0.1) is 6.42 Å². The zero-order chi connectivity index (χ0) is 14.5. The smallest absolute Gasteiger partial charge is 0.238 e. The van der Waals surface area contributed by atoms with Gasteiger partial charge in [-0.05, 0) is 18.2 Å². The number of carbonyl (C=O) groups excluding carboxylic acids is 1. The summed E-state index contributed by atoms with van der Waals surface area (Å²) >= 11 is 0. The van der Waals surface area contributed by atoms with Crippen molar-refractivity contribution in [3.8, 4) is 12.3 Å². The minimum absolute atomic E-state index is 0.0687. The summed E-state index contributed by atoms with van der Waals surface area (Å²) in [6.07, 6.45) is 5.99. The number of carbonyl (C=O) groups is 1. The lowest BCUT2D eigenvalue weighted by Crippen LogP contribution is -2.28. The highest BCUT2D eigenvalue weighted by Crippen LogP contribution is 2.19. The maximum atomic E-state index is 13.4. The third-order valence-corrected chi connectivity index (χ3v) is 3.26. The van der Waals surface area contributed by atoms with Gasteiger partial charge in [-0.3, -0.25) is 10.1 Å². The molecule has 1 amide bonds. The van der Waals surface area contributed by atoms with Gasteiger partial charge in [0.25, 0.3) is 0 Å². The number of halogens is 1. The van der Waals surface area contributed by atoms with Gasteiger partial charge in [-0.25, -0.2) is 12.8 Å². The van der Waals surface area contributed by atoms with E-state index in [-0.39, 0.29) is 23.7 Å². The van der Waals surface area contributed by atoms with Crippen LogP contribution in [0, 0.1) is 18.2 Å². The Morgan fingerprint density at radius 3 is 2.74 bits per heavy atom. The third-order valence-electron chi connectivity index (χ3n) is 2.15. The standard InChI is InChI=1S/C12H13FN2O3S/c1-3-6-14-8-12(16)15-11-7-9(19(2,17)18)4-5-10(11)13/h1,4-5,7,14H,6,8H2,2H3,(H,15,16). The summed E-state index contributed by atoms with van der Waals surface area (Å²) in [6, 6.07) is 3.20. The van der Waals surface area contributed by atoms with E-state index in [4.69, 9.17) is 6.42 Å². The van der Waals surface area contributed by atoms with Gasteiger partial charge < -0.3 is 5.32 Å². The SMILES string of the molecule is C#CCNCC(=O)Nc1cc(S(C)(=O)=O)ccc1F. The second kappa shape index (κ2) is 6.31. The summed E-state index contributed by atoms with van der Waals surface area (Å²) in [5.74, 6) is 1.06. The van der Waals surface area contributed by atoms with Crippen LogP contribution in [0.15, 0.2) is 23.1 Å². The molecule has 0 heterocycles. The van der Waals surface area contributed by atoms with E-state index in [0.29, 0.717) is 0 Å². The molecule has 7 heteroatoms. The summed E-state index contributed by atoms with van der Waals surface area (Å²) in [6.45, 7) is 0.117. The Morgan fingerprint density at radius 1 is 1.47 bits per heavy atom. The number of sulfone groups is 1. The lowest BCUT2D eigenvalue weighted by Gasteiger charge is -2.08. The fourth-order valence-corrected chi connectivity index (χ4v) is 1.92. The van der Waals surface area contributed by atoms with Crippen LogP contribution in [0.4, 0.5) is 10.1 Å². The van der Waals surface area contributed by atoms with Crippen LogP contribution in [0.25, 0.3) is 0 Å². The van der Waals surface area contributed by atoms with Crippen molar-refractivity contribution in [3.05, 3.63) is 24.0 Å². The van der Waals surface area contributed by atoms with E-state index < -0.39 is 21.6 Å². The molecule has 0 aromatic heterocycles. The van der Waals surface area contributed by atoms with Crippen LogP contribution in [0.2, 0.25) is 0 Å². The van der Waals surface area contributed by atoms with Crippen LogP contribution in [-0.2, 0) is 14.6 Å². The number of terminal acetylenes is 1. The largest absolute Gasteiger partial charge is 0.322 e. The molecule has 0 saturated carbocycles. The Balaban J connectivity index is 2.84. The molecule has 0 fully saturated rings. The third kappa shape index (κ3) is 4.69. The second-order valence-electron chi connectivity index (χ2n) is 3.77. The Labute approximate surface area is 111 Å². The van der Waals surface area contributed by atoms with Crippen LogP contribution >= 0.6 is 0 Å². The van der Waals surface area contributed by atoms with Crippen LogP contribution in [0.1, 0.15) is 0 Å². The fourth-order valence-electron chi connectivity index (χ4n) is 1.27. The molecule has 0 aliphatic rings. The summed E-state index contributed by atoms with van der Waals surface area (Å²) in [7, 11) is -3.46. The first-order chi connectivity index (χ1) is 8.84. The van der Waals surface area contributed by atoms with Gasteiger partial charge in [0.05, 0.1) is 23.7 Å². The number of amides is 1.